The molecule has 2 amide bonds. The fourth-order valence-corrected chi connectivity index (χ4v) is 2.45. The number of ether oxygens (including phenoxy) is 1. The Kier molecular flexibility index (Phi) is 4.51. The second kappa shape index (κ2) is 6.73. The Bertz CT molecular complexity index is 695. The molecule has 4 nitrogen and oxygen atoms in total. The lowest BCUT2D eigenvalue weighted by Crippen LogP contribution is -2.33. The van der Waals surface area contributed by atoms with Crippen molar-refractivity contribution in [2.24, 2.45) is 5.92 Å². The van der Waals surface area contributed by atoms with Gasteiger partial charge in [-0.2, -0.15) is 0 Å². The highest BCUT2D eigenvalue weighted by Crippen LogP contribution is 2.31. The van der Waals surface area contributed by atoms with Gasteiger partial charge in [0.2, 0.25) is 0 Å². The van der Waals surface area contributed by atoms with Crippen molar-refractivity contribution in [1.29, 1.82) is 0 Å². The maximum atomic E-state index is 12.3. The Morgan fingerprint density at radius 2 is 2.00 bits per heavy atom. The molecule has 23 heavy (non-hydrogen) atoms. The number of amides is 2. The van der Waals surface area contributed by atoms with Crippen molar-refractivity contribution in [3.8, 4) is 11.5 Å². The van der Waals surface area contributed by atoms with Crippen LogP contribution >= 0.6 is 0 Å². The third-order valence-corrected chi connectivity index (χ3v) is 3.92. The third-order valence-electron chi connectivity index (χ3n) is 3.92. The van der Waals surface area contributed by atoms with Crippen LogP contribution in [0.4, 0.5) is 10.5 Å². The van der Waals surface area contributed by atoms with E-state index in [1.54, 1.807) is 4.90 Å². The Morgan fingerprint density at radius 1 is 1.22 bits per heavy atom. The number of carbonyl (C=O) groups excluding carboxylic acids is 1. The highest BCUT2D eigenvalue weighted by atomic mass is 16.5. The van der Waals surface area contributed by atoms with Crippen molar-refractivity contribution in [3.05, 3.63) is 54.1 Å². The first-order chi connectivity index (χ1) is 11.1. The Morgan fingerprint density at radius 3 is 2.74 bits per heavy atom. The molecule has 2 aromatic rings. The molecule has 120 valence electrons. The molecule has 0 saturated heterocycles. The van der Waals surface area contributed by atoms with Crippen LogP contribution in [0.1, 0.15) is 18.4 Å². The van der Waals surface area contributed by atoms with Gasteiger partial charge in [0.15, 0.2) is 5.75 Å². The molecule has 0 heterocycles. The standard InChI is InChI=1S/C19H22N2O2/c1-14-6-5-7-16(12-14)23-18-9-4-3-8-17(18)20-19(22)21(2)13-15-10-11-15/h3-9,12,15H,10-11,13H2,1-2H3,(H,20,22). The van der Waals surface area contributed by atoms with Gasteiger partial charge >= 0.3 is 6.03 Å². The van der Waals surface area contributed by atoms with Crippen LogP contribution in [0.15, 0.2) is 48.5 Å². The second-order valence-electron chi connectivity index (χ2n) is 6.17. The summed E-state index contributed by atoms with van der Waals surface area (Å²) < 4.78 is 5.93. The highest BCUT2D eigenvalue weighted by molar-refractivity contribution is 5.90. The molecule has 1 saturated carbocycles. The monoisotopic (exact) mass is 310 g/mol. The van der Waals surface area contributed by atoms with Crippen LogP contribution in [0, 0.1) is 12.8 Å². The SMILES string of the molecule is Cc1cccc(Oc2ccccc2NC(=O)N(C)CC2CC2)c1. The van der Waals surface area contributed by atoms with Crippen LogP contribution in [0.25, 0.3) is 0 Å². The number of benzene rings is 2. The van der Waals surface area contributed by atoms with Crippen LogP contribution in [0.5, 0.6) is 11.5 Å². The Hall–Kier alpha value is -2.49. The summed E-state index contributed by atoms with van der Waals surface area (Å²) >= 11 is 0. The van der Waals surface area contributed by atoms with E-state index in [4.69, 9.17) is 4.74 Å². The lowest BCUT2D eigenvalue weighted by atomic mass is 10.2. The summed E-state index contributed by atoms with van der Waals surface area (Å²) in [7, 11) is 1.83. The van der Waals surface area contributed by atoms with Gasteiger partial charge in [0, 0.05) is 13.6 Å². The fraction of sp³-hybridized carbons (Fsp3) is 0.316. The molecule has 1 aliphatic rings. The van der Waals surface area contributed by atoms with Gasteiger partial charge in [0.1, 0.15) is 5.75 Å². The highest BCUT2D eigenvalue weighted by Gasteiger charge is 2.25. The van der Waals surface area contributed by atoms with Gasteiger partial charge in [-0.25, -0.2) is 4.79 Å². The average Bonchev–Trinajstić information content (AvgIpc) is 3.33. The number of nitrogens with one attached hydrogen (secondary N) is 1. The number of urea groups is 1. The Balaban J connectivity index is 1.70. The second-order valence-corrected chi connectivity index (χ2v) is 6.17. The summed E-state index contributed by atoms with van der Waals surface area (Å²) in [5.74, 6) is 2.08. The molecule has 1 fully saturated rings. The summed E-state index contributed by atoms with van der Waals surface area (Å²) in [6.45, 7) is 2.83. The van der Waals surface area contributed by atoms with Crippen molar-refractivity contribution in [3.63, 3.8) is 0 Å². The quantitative estimate of drug-likeness (QED) is 0.872. The molecule has 0 spiro atoms. The number of aryl methyl sites for hydroxylation is 1. The molecule has 0 aromatic heterocycles. The van der Waals surface area contributed by atoms with E-state index in [0.29, 0.717) is 17.4 Å². The minimum Gasteiger partial charge on any atom is -0.455 e. The van der Waals surface area contributed by atoms with Crippen molar-refractivity contribution in [1.82, 2.24) is 4.90 Å². The molecule has 0 atom stereocenters. The van der Waals surface area contributed by atoms with Crippen LogP contribution < -0.4 is 10.1 Å². The zero-order valence-corrected chi connectivity index (χ0v) is 13.6. The van der Waals surface area contributed by atoms with E-state index in [1.165, 1.54) is 12.8 Å². The van der Waals surface area contributed by atoms with E-state index in [-0.39, 0.29) is 6.03 Å². The molecule has 3 rings (SSSR count). The molecule has 0 aliphatic heterocycles. The van der Waals surface area contributed by atoms with Crippen molar-refractivity contribution < 1.29 is 9.53 Å². The average molecular weight is 310 g/mol. The van der Waals surface area contributed by atoms with Crippen LogP contribution in [-0.4, -0.2) is 24.5 Å². The smallest absolute Gasteiger partial charge is 0.321 e. The molecule has 0 radical (unpaired) electrons. The number of carbonyl (C=O) groups is 1. The zero-order chi connectivity index (χ0) is 16.2. The molecule has 2 aromatic carbocycles. The minimum absolute atomic E-state index is 0.0998. The van der Waals surface area contributed by atoms with E-state index in [9.17, 15) is 4.79 Å². The molecule has 1 N–H and O–H groups in total. The molecule has 0 bridgehead atoms. The van der Waals surface area contributed by atoms with Crippen LogP contribution in [0.3, 0.4) is 0 Å². The van der Waals surface area contributed by atoms with Crippen molar-refractivity contribution >= 4 is 11.7 Å². The van der Waals surface area contributed by atoms with E-state index in [2.05, 4.69) is 5.32 Å². The normalized spacial score (nSPS) is 13.5. The topological polar surface area (TPSA) is 41.6 Å². The number of nitrogens with zero attached hydrogens (tertiary/aromatic N) is 1. The first-order valence-corrected chi connectivity index (χ1v) is 7.97. The first-order valence-electron chi connectivity index (χ1n) is 7.97. The number of anilines is 1. The molecular formula is C19H22N2O2. The lowest BCUT2D eigenvalue weighted by molar-refractivity contribution is 0.220. The number of hydrogen-bond acceptors (Lipinski definition) is 2. The predicted octanol–water partition coefficient (Wildman–Crippen LogP) is 4.66. The molecular weight excluding hydrogens is 288 g/mol. The maximum Gasteiger partial charge on any atom is 0.321 e. The summed E-state index contributed by atoms with van der Waals surface area (Å²) in [6, 6.07) is 15.3. The van der Waals surface area contributed by atoms with Crippen LogP contribution in [-0.2, 0) is 0 Å². The molecule has 4 heteroatoms. The van der Waals surface area contributed by atoms with Gasteiger partial charge in [0.25, 0.3) is 0 Å². The van der Waals surface area contributed by atoms with Gasteiger partial charge < -0.3 is 15.0 Å². The van der Waals surface area contributed by atoms with Gasteiger partial charge in [-0.15, -0.1) is 0 Å². The Labute approximate surface area is 137 Å². The molecule has 0 unspecified atom stereocenters. The summed E-state index contributed by atoms with van der Waals surface area (Å²) in [6.07, 6.45) is 2.45. The molecule has 1 aliphatic carbocycles. The van der Waals surface area contributed by atoms with E-state index < -0.39 is 0 Å². The van der Waals surface area contributed by atoms with E-state index >= 15 is 0 Å². The summed E-state index contributed by atoms with van der Waals surface area (Å²) in [5, 5.41) is 2.94. The largest absolute Gasteiger partial charge is 0.455 e. The third kappa shape index (κ3) is 4.25. The van der Waals surface area contributed by atoms with E-state index in [0.717, 1.165) is 17.9 Å². The van der Waals surface area contributed by atoms with Gasteiger partial charge in [-0.3, -0.25) is 0 Å². The lowest BCUT2D eigenvalue weighted by Gasteiger charge is -2.19. The van der Waals surface area contributed by atoms with Crippen molar-refractivity contribution in [2.45, 2.75) is 19.8 Å². The first kappa shape index (κ1) is 15.4. The van der Waals surface area contributed by atoms with Gasteiger partial charge in [-0.1, -0.05) is 24.3 Å². The number of rotatable bonds is 5. The van der Waals surface area contributed by atoms with Crippen LogP contribution in [0.2, 0.25) is 0 Å². The summed E-state index contributed by atoms with van der Waals surface area (Å²) in [4.78, 5) is 14.0. The maximum absolute atomic E-state index is 12.3. The van der Waals surface area contributed by atoms with Crippen molar-refractivity contribution in [2.75, 3.05) is 18.9 Å². The number of para-hydroxylation sites is 2. The fourth-order valence-electron chi connectivity index (χ4n) is 2.45. The zero-order valence-electron chi connectivity index (χ0n) is 13.6. The van der Waals surface area contributed by atoms with Gasteiger partial charge in [-0.05, 0) is 55.5 Å². The predicted molar refractivity (Wildman–Crippen MR) is 92.1 cm³/mol. The summed E-state index contributed by atoms with van der Waals surface area (Å²) in [5.41, 5.74) is 1.81. The number of hydrogen-bond donors (Lipinski definition) is 1. The van der Waals surface area contributed by atoms with Gasteiger partial charge in [0.05, 0.1) is 5.69 Å². The van der Waals surface area contributed by atoms with E-state index in [1.807, 2.05) is 62.5 Å². The minimum atomic E-state index is -0.0998.